The summed E-state index contributed by atoms with van der Waals surface area (Å²) in [6.45, 7) is 2.17. The molecule has 1 heterocycles. The maximum Gasteiger partial charge on any atom is 0.335 e. The van der Waals surface area contributed by atoms with Crippen molar-refractivity contribution < 1.29 is 18.8 Å². The van der Waals surface area contributed by atoms with Crippen LogP contribution < -0.4 is 5.32 Å². The van der Waals surface area contributed by atoms with Gasteiger partial charge in [0.1, 0.15) is 5.82 Å². The zero-order valence-electron chi connectivity index (χ0n) is 10.2. The van der Waals surface area contributed by atoms with Crippen molar-refractivity contribution in [2.45, 2.75) is 20.0 Å². The lowest BCUT2D eigenvalue weighted by Gasteiger charge is -2.05. The molecule has 6 nitrogen and oxygen atoms in total. The minimum Gasteiger partial charge on any atom is -0.478 e. The number of rotatable bonds is 5. The van der Waals surface area contributed by atoms with Crippen LogP contribution in [0.3, 0.4) is 0 Å². The lowest BCUT2D eigenvalue weighted by atomic mass is 10.1. The van der Waals surface area contributed by atoms with Crippen molar-refractivity contribution in [2.24, 2.45) is 0 Å². The summed E-state index contributed by atoms with van der Waals surface area (Å²) < 4.78 is 18.3. The largest absolute Gasteiger partial charge is 0.478 e. The van der Waals surface area contributed by atoms with Crippen molar-refractivity contribution in [3.8, 4) is 0 Å². The van der Waals surface area contributed by atoms with Gasteiger partial charge in [-0.2, -0.15) is 4.98 Å². The zero-order chi connectivity index (χ0) is 13.8. The molecule has 0 amide bonds. The number of carboxylic acid groups (broad SMARTS) is 1. The van der Waals surface area contributed by atoms with E-state index in [2.05, 4.69) is 15.5 Å². The second kappa shape index (κ2) is 5.57. The number of hydrogen-bond acceptors (Lipinski definition) is 5. The van der Waals surface area contributed by atoms with Gasteiger partial charge in [-0.1, -0.05) is 5.16 Å². The Morgan fingerprint density at radius 2 is 2.26 bits per heavy atom. The van der Waals surface area contributed by atoms with Gasteiger partial charge in [-0.15, -0.1) is 0 Å². The quantitative estimate of drug-likeness (QED) is 0.851. The summed E-state index contributed by atoms with van der Waals surface area (Å²) >= 11 is 0. The molecule has 0 saturated heterocycles. The fraction of sp³-hybridized carbons (Fsp3) is 0.250. The van der Waals surface area contributed by atoms with Crippen LogP contribution in [-0.4, -0.2) is 21.2 Å². The van der Waals surface area contributed by atoms with E-state index in [1.165, 1.54) is 12.1 Å². The Hall–Kier alpha value is -2.28. The van der Waals surface area contributed by atoms with E-state index in [1.54, 1.807) is 6.92 Å². The highest BCUT2D eigenvalue weighted by molar-refractivity contribution is 5.87. The molecular formula is C12H12FN3O3. The van der Waals surface area contributed by atoms with Crippen LogP contribution in [0.4, 0.5) is 4.39 Å². The summed E-state index contributed by atoms with van der Waals surface area (Å²) in [4.78, 5) is 14.8. The average molecular weight is 265 g/mol. The van der Waals surface area contributed by atoms with Crippen LogP contribution in [0.25, 0.3) is 0 Å². The molecule has 0 aliphatic heterocycles. The van der Waals surface area contributed by atoms with Gasteiger partial charge >= 0.3 is 5.97 Å². The van der Waals surface area contributed by atoms with E-state index in [-0.39, 0.29) is 17.7 Å². The summed E-state index contributed by atoms with van der Waals surface area (Å²) in [7, 11) is 0. The predicted molar refractivity (Wildman–Crippen MR) is 62.9 cm³/mol. The Kier molecular flexibility index (Phi) is 3.86. The van der Waals surface area contributed by atoms with E-state index in [1.807, 2.05) is 0 Å². The third kappa shape index (κ3) is 3.35. The lowest BCUT2D eigenvalue weighted by Crippen LogP contribution is -2.15. The predicted octanol–water partition coefficient (Wildman–Crippen LogP) is 1.51. The number of nitrogens with zero attached hydrogens (tertiary/aromatic N) is 2. The number of benzene rings is 1. The minimum atomic E-state index is -1.09. The third-order valence-corrected chi connectivity index (χ3v) is 2.46. The van der Waals surface area contributed by atoms with E-state index < -0.39 is 11.8 Å². The summed E-state index contributed by atoms with van der Waals surface area (Å²) in [5.41, 5.74) is 0.328. The average Bonchev–Trinajstić information content (AvgIpc) is 2.77. The minimum absolute atomic E-state index is 0.0496. The normalized spacial score (nSPS) is 10.6. The van der Waals surface area contributed by atoms with Crippen LogP contribution in [0, 0.1) is 12.7 Å². The van der Waals surface area contributed by atoms with E-state index >= 15 is 0 Å². The molecule has 100 valence electrons. The van der Waals surface area contributed by atoms with Crippen molar-refractivity contribution >= 4 is 5.97 Å². The standard InChI is InChI=1S/C12H12FN3O3/c1-7-15-11(16-19-7)6-14-5-9-4-8(12(17)18)2-3-10(9)13/h2-4,14H,5-6H2,1H3,(H,17,18). The summed E-state index contributed by atoms with van der Waals surface area (Å²) in [5, 5.41) is 15.4. The molecule has 0 saturated carbocycles. The van der Waals surface area contributed by atoms with E-state index in [0.29, 0.717) is 18.3 Å². The van der Waals surface area contributed by atoms with Gasteiger partial charge in [0, 0.05) is 19.0 Å². The van der Waals surface area contributed by atoms with Crippen molar-refractivity contribution in [1.29, 1.82) is 0 Å². The lowest BCUT2D eigenvalue weighted by molar-refractivity contribution is 0.0696. The molecule has 2 N–H and O–H groups in total. The van der Waals surface area contributed by atoms with Crippen LogP contribution >= 0.6 is 0 Å². The molecule has 0 aliphatic carbocycles. The highest BCUT2D eigenvalue weighted by atomic mass is 19.1. The highest BCUT2D eigenvalue weighted by Gasteiger charge is 2.08. The Bertz CT molecular complexity index is 598. The molecule has 0 fully saturated rings. The van der Waals surface area contributed by atoms with Gasteiger partial charge in [-0.3, -0.25) is 0 Å². The number of carboxylic acids is 1. The van der Waals surface area contributed by atoms with Crippen LogP contribution in [0.1, 0.15) is 27.6 Å². The molecule has 7 heteroatoms. The monoisotopic (exact) mass is 265 g/mol. The van der Waals surface area contributed by atoms with Gasteiger partial charge in [-0.25, -0.2) is 9.18 Å². The van der Waals surface area contributed by atoms with Crippen molar-refractivity contribution in [3.63, 3.8) is 0 Å². The number of carbonyl (C=O) groups is 1. The van der Waals surface area contributed by atoms with Crippen LogP contribution in [0.2, 0.25) is 0 Å². The highest BCUT2D eigenvalue weighted by Crippen LogP contribution is 2.10. The van der Waals surface area contributed by atoms with Crippen LogP contribution in [0.15, 0.2) is 22.7 Å². The van der Waals surface area contributed by atoms with E-state index in [4.69, 9.17) is 9.63 Å². The molecule has 2 rings (SSSR count). The first-order valence-corrected chi connectivity index (χ1v) is 5.58. The molecular weight excluding hydrogens is 253 g/mol. The smallest absolute Gasteiger partial charge is 0.335 e. The molecule has 0 aliphatic rings. The van der Waals surface area contributed by atoms with Crippen LogP contribution in [0.5, 0.6) is 0 Å². The fourth-order valence-corrected chi connectivity index (χ4v) is 1.57. The number of hydrogen-bond donors (Lipinski definition) is 2. The molecule has 2 aromatic rings. The maximum absolute atomic E-state index is 13.5. The molecule has 0 unspecified atom stereocenters. The van der Waals surface area contributed by atoms with Gasteiger partial charge in [0.25, 0.3) is 0 Å². The number of aromatic nitrogens is 2. The molecule has 0 atom stereocenters. The topological polar surface area (TPSA) is 88.2 Å². The molecule has 1 aromatic carbocycles. The van der Waals surface area contributed by atoms with Gasteiger partial charge in [0.15, 0.2) is 5.82 Å². The third-order valence-electron chi connectivity index (χ3n) is 2.46. The van der Waals surface area contributed by atoms with Crippen molar-refractivity contribution in [1.82, 2.24) is 15.5 Å². The van der Waals surface area contributed by atoms with Crippen molar-refractivity contribution in [2.75, 3.05) is 0 Å². The molecule has 0 radical (unpaired) electrons. The first kappa shape index (κ1) is 13.2. The number of aromatic carboxylic acids is 1. The Morgan fingerprint density at radius 1 is 1.47 bits per heavy atom. The van der Waals surface area contributed by atoms with Gasteiger partial charge in [0.2, 0.25) is 5.89 Å². The molecule has 0 bridgehead atoms. The summed E-state index contributed by atoms with van der Waals surface area (Å²) in [6.07, 6.45) is 0. The number of nitrogens with one attached hydrogen (secondary N) is 1. The first-order valence-electron chi connectivity index (χ1n) is 5.58. The van der Waals surface area contributed by atoms with E-state index in [0.717, 1.165) is 6.07 Å². The Balaban J connectivity index is 1.99. The maximum atomic E-state index is 13.5. The van der Waals surface area contributed by atoms with Gasteiger partial charge in [0.05, 0.1) is 12.1 Å². The zero-order valence-corrected chi connectivity index (χ0v) is 10.2. The van der Waals surface area contributed by atoms with Gasteiger partial charge < -0.3 is 14.9 Å². The summed E-state index contributed by atoms with van der Waals surface area (Å²) in [6, 6.07) is 3.66. The molecule has 19 heavy (non-hydrogen) atoms. The first-order chi connectivity index (χ1) is 9.06. The molecule has 1 aromatic heterocycles. The number of halogens is 1. The summed E-state index contributed by atoms with van der Waals surface area (Å²) in [5.74, 6) is -0.625. The van der Waals surface area contributed by atoms with Crippen LogP contribution in [-0.2, 0) is 13.1 Å². The molecule has 0 spiro atoms. The fourth-order valence-electron chi connectivity index (χ4n) is 1.57. The second-order valence-corrected chi connectivity index (χ2v) is 3.94. The van der Waals surface area contributed by atoms with Gasteiger partial charge in [-0.05, 0) is 18.2 Å². The Labute approximate surface area is 108 Å². The Morgan fingerprint density at radius 3 is 2.89 bits per heavy atom. The SMILES string of the molecule is Cc1nc(CNCc2cc(C(=O)O)ccc2F)no1. The second-order valence-electron chi connectivity index (χ2n) is 3.94. The number of aryl methyl sites for hydroxylation is 1. The van der Waals surface area contributed by atoms with Crippen molar-refractivity contribution in [3.05, 3.63) is 46.9 Å². The van der Waals surface area contributed by atoms with E-state index in [9.17, 15) is 9.18 Å².